The van der Waals surface area contributed by atoms with Crippen LogP contribution in [0.4, 0.5) is 0 Å². The minimum atomic E-state index is 0.271. The van der Waals surface area contributed by atoms with Crippen LogP contribution in [0.1, 0.15) is 29.0 Å². The third kappa shape index (κ3) is 3.75. The maximum absolute atomic E-state index is 6.06. The summed E-state index contributed by atoms with van der Waals surface area (Å²) in [6, 6.07) is 10.6. The van der Waals surface area contributed by atoms with Crippen molar-refractivity contribution in [2.24, 2.45) is 0 Å². The molecule has 1 unspecified atom stereocenters. The van der Waals surface area contributed by atoms with E-state index in [-0.39, 0.29) is 6.04 Å². The summed E-state index contributed by atoms with van der Waals surface area (Å²) in [6.07, 6.45) is 0.898. The second kappa shape index (κ2) is 7.11. The van der Waals surface area contributed by atoms with Crippen LogP contribution in [0.3, 0.4) is 0 Å². The highest BCUT2D eigenvalue weighted by atomic mass is 35.5. The Morgan fingerprint density at radius 3 is 2.70 bits per heavy atom. The molecule has 0 aliphatic carbocycles. The predicted octanol–water partition coefficient (Wildman–Crippen LogP) is 4.61. The molecule has 0 amide bonds. The van der Waals surface area contributed by atoms with Gasteiger partial charge in [-0.05, 0) is 43.7 Å². The zero-order valence-corrected chi connectivity index (χ0v) is 13.6. The van der Waals surface area contributed by atoms with Gasteiger partial charge in [-0.25, -0.2) is 0 Å². The molecule has 0 fully saturated rings. The largest absolute Gasteiger partial charge is 0.496 e. The van der Waals surface area contributed by atoms with Crippen LogP contribution in [-0.2, 0) is 6.42 Å². The maximum Gasteiger partial charge on any atom is 0.122 e. The molecule has 0 saturated carbocycles. The van der Waals surface area contributed by atoms with E-state index < -0.39 is 0 Å². The molecule has 0 spiro atoms. The molecule has 0 bridgehead atoms. The molecule has 0 aliphatic rings. The van der Waals surface area contributed by atoms with Gasteiger partial charge in [0, 0.05) is 10.9 Å². The highest BCUT2D eigenvalue weighted by molar-refractivity contribution is 7.16. The molecule has 1 N–H and O–H groups in total. The van der Waals surface area contributed by atoms with Crippen molar-refractivity contribution in [1.29, 1.82) is 0 Å². The number of likely N-dealkylation sites (N-methyl/N-ethyl adjacent to an activating group) is 1. The Morgan fingerprint density at radius 2 is 2.10 bits per heavy atom. The quantitative estimate of drug-likeness (QED) is 0.841. The predicted molar refractivity (Wildman–Crippen MR) is 87.2 cm³/mol. The minimum Gasteiger partial charge on any atom is -0.496 e. The molecule has 1 aromatic carbocycles. The molecule has 0 radical (unpaired) electrons. The SMILES string of the molecule is CCNC(Cc1cc(C)ccc1OC)c1ccc(Cl)s1. The van der Waals surface area contributed by atoms with Crippen LogP contribution in [0.25, 0.3) is 0 Å². The molecule has 2 rings (SSSR count). The van der Waals surface area contributed by atoms with Gasteiger partial charge in [0.25, 0.3) is 0 Å². The van der Waals surface area contributed by atoms with Crippen molar-refractivity contribution in [3.05, 3.63) is 50.7 Å². The van der Waals surface area contributed by atoms with Gasteiger partial charge < -0.3 is 10.1 Å². The Kier molecular flexibility index (Phi) is 5.46. The number of thiophene rings is 1. The van der Waals surface area contributed by atoms with E-state index in [0.29, 0.717) is 0 Å². The van der Waals surface area contributed by atoms with E-state index in [0.717, 1.165) is 23.1 Å². The van der Waals surface area contributed by atoms with E-state index in [1.807, 2.05) is 12.1 Å². The monoisotopic (exact) mass is 309 g/mol. The lowest BCUT2D eigenvalue weighted by Gasteiger charge is -2.18. The van der Waals surface area contributed by atoms with Gasteiger partial charge in [-0.3, -0.25) is 0 Å². The zero-order valence-electron chi connectivity index (χ0n) is 12.1. The number of hydrogen-bond donors (Lipinski definition) is 1. The standard InChI is InChI=1S/C16H20ClNOS/c1-4-18-13(15-7-8-16(17)20-15)10-12-9-11(2)5-6-14(12)19-3/h5-9,13,18H,4,10H2,1-3H3. The molecule has 0 saturated heterocycles. The second-order valence-corrected chi connectivity index (χ2v) is 6.52. The Hall–Kier alpha value is -1.03. The number of halogens is 1. The van der Waals surface area contributed by atoms with Crippen LogP contribution >= 0.6 is 22.9 Å². The van der Waals surface area contributed by atoms with Crippen molar-refractivity contribution < 1.29 is 4.74 Å². The summed E-state index contributed by atoms with van der Waals surface area (Å²) in [7, 11) is 1.72. The van der Waals surface area contributed by atoms with E-state index in [4.69, 9.17) is 16.3 Å². The lowest BCUT2D eigenvalue weighted by molar-refractivity contribution is 0.406. The average molecular weight is 310 g/mol. The molecule has 1 heterocycles. The van der Waals surface area contributed by atoms with Crippen LogP contribution in [0.5, 0.6) is 5.75 Å². The number of benzene rings is 1. The number of hydrogen-bond acceptors (Lipinski definition) is 3. The van der Waals surface area contributed by atoms with Crippen molar-refractivity contribution in [3.63, 3.8) is 0 Å². The fourth-order valence-electron chi connectivity index (χ4n) is 2.32. The zero-order chi connectivity index (χ0) is 14.5. The minimum absolute atomic E-state index is 0.271. The van der Waals surface area contributed by atoms with Gasteiger partial charge >= 0.3 is 0 Å². The Labute approximate surface area is 129 Å². The highest BCUT2D eigenvalue weighted by Crippen LogP contribution is 2.31. The van der Waals surface area contributed by atoms with Crippen molar-refractivity contribution in [3.8, 4) is 5.75 Å². The molecule has 4 heteroatoms. The number of methoxy groups -OCH3 is 1. The maximum atomic E-state index is 6.06. The summed E-state index contributed by atoms with van der Waals surface area (Å²) in [5.41, 5.74) is 2.48. The first-order valence-corrected chi connectivity index (χ1v) is 7.95. The normalized spacial score (nSPS) is 12.4. The number of rotatable bonds is 6. The molecule has 2 nitrogen and oxygen atoms in total. The molecule has 108 valence electrons. The first-order chi connectivity index (χ1) is 9.63. The van der Waals surface area contributed by atoms with Crippen LogP contribution in [0.15, 0.2) is 30.3 Å². The van der Waals surface area contributed by atoms with E-state index >= 15 is 0 Å². The Balaban J connectivity index is 2.26. The Bertz CT molecular complexity index is 567. The summed E-state index contributed by atoms with van der Waals surface area (Å²) in [4.78, 5) is 1.26. The van der Waals surface area contributed by atoms with Gasteiger partial charge in [-0.15, -0.1) is 11.3 Å². The van der Waals surface area contributed by atoms with Crippen LogP contribution in [-0.4, -0.2) is 13.7 Å². The Morgan fingerprint density at radius 1 is 1.30 bits per heavy atom. The topological polar surface area (TPSA) is 21.3 Å². The van der Waals surface area contributed by atoms with Crippen LogP contribution in [0.2, 0.25) is 4.34 Å². The lowest BCUT2D eigenvalue weighted by atomic mass is 10.0. The fourth-order valence-corrected chi connectivity index (χ4v) is 3.46. The van der Waals surface area contributed by atoms with Gasteiger partial charge in [0.2, 0.25) is 0 Å². The van der Waals surface area contributed by atoms with Crippen molar-refractivity contribution in [1.82, 2.24) is 5.32 Å². The molecular weight excluding hydrogens is 290 g/mol. The van der Waals surface area contributed by atoms with E-state index in [1.54, 1.807) is 18.4 Å². The van der Waals surface area contributed by atoms with Gasteiger partial charge in [-0.1, -0.05) is 36.2 Å². The van der Waals surface area contributed by atoms with Crippen molar-refractivity contribution in [2.75, 3.05) is 13.7 Å². The second-order valence-electron chi connectivity index (χ2n) is 4.77. The number of aryl methyl sites for hydroxylation is 1. The lowest BCUT2D eigenvalue weighted by Crippen LogP contribution is -2.22. The van der Waals surface area contributed by atoms with Crippen LogP contribution < -0.4 is 10.1 Å². The van der Waals surface area contributed by atoms with E-state index in [2.05, 4.69) is 37.4 Å². The van der Waals surface area contributed by atoms with Gasteiger partial charge in [0.1, 0.15) is 5.75 Å². The van der Waals surface area contributed by atoms with Crippen molar-refractivity contribution >= 4 is 22.9 Å². The first kappa shape index (κ1) is 15.4. The molecule has 20 heavy (non-hydrogen) atoms. The summed E-state index contributed by atoms with van der Waals surface area (Å²) in [5.74, 6) is 0.946. The summed E-state index contributed by atoms with van der Waals surface area (Å²) >= 11 is 7.69. The van der Waals surface area contributed by atoms with E-state index in [1.165, 1.54) is 16.0 Å². The number of ether oxygens (including phenoxy) is 1. The smallest absolute Gasteiger partial charge is 0.122 e. The van der Waals surface area contributed by atoms with Crippen molar-refractivity contribution in [2.45, 2.75) is 26.3 Å². The first-order valence-electron chi connectivity index (χ1n) is 6.76. The molecule has 0 aliphatic heterocycles. The summed E-state index contributed by atoms with van der Waals surface area (Å²) in [5, 5.41) is 3.53. The molecular formula is C16H20ClNOS. The van der Waals surface area contributed by atoms with E-state index in [9.17, 15) is 0 Å². The number of nitrogens with one attached hydrogen (secondary N) is 1. The highest BCUT2D eigenvalue weighted by Gasteiger charge is 2.16. The molecule has 2 aromatic rings. The molecule has 1 atom stereocenters. The van der Waals surface area contributed by atoms with Gasteiger partial charge in [0.15, 0.2) is 0 Å². The van der Waals surface area contributed by atoms with Crippen LogP contribution in [0, 0.1) is 6.92 Å². The summed E-state index contributed by atoms with van der Waals surface area (Å²) in [6.45, 7) is 5.15. The third-order valence-corrected chi connectivity index (χ3v) is 4.59. The fraction of sp³-hybridized carbons (Fsp3) is 0.375. The third-order valence-electron chi connectivity index (χ3n) is 3.25. The average Bonchev–Trinajstić information content (AvgIpc) is 2.85. The summed E-state index contributed by atoms with van der Waals surface area (Å²) < 4.78 is 6.30. The van der Waals surface area contributed by atoms with Gasteiger partial charge in [0.05, 0.1) is 11.4 Å². The van der Waals surface area contributed by atoms with Gasteiger partial charge in [-0.2, -0.15) is 0 Å². The molecule has 1 aromatic heterocycles.